The topological polar surface area (TPSA) is 77.8 Å². The third-order valence-corrected chi connectivity index (χ3v) is 4.86. The minimum absolute atomic E-state index is 0.0455. The second-order valence-electron chi connectivity index (χ2n) is 6.49. The van der Waals surface area contributed by atoms with Crippen LogP contribution in [0.5, 0.6) is 0 Å². The number of ketones is 1. The number of carbonyl (C=O) groups is 2. The molecule has 3 rings (SSSR count). The smallest absolute Gasteiger partial charge is 0.295 e. The van der Waals surface area contributed by atoms with Gasteiger partial charge in [0, 0.05) is 23.7 Å². The maximum Gasteiger partial charge on any atom is 0.295 e. The molecule has 0 spiro atoms. The van der Waals surface area contributed by atoms with Crippen LogP contribution in [0, 0.1) is 6.92 Å². The number of aliphatic hydroxyl groups is 2. The van der Waals surface area contributed by atoms with Crippen LogP contribution in [-0.4, -0.2) is 40.0 Å². The van der Waals surface area contributed by atoms with Gasteiger partial charge in [0.05, 0.1) is 11.6 Å². The number of aliphatic hydroxyl groups excluding tert-OH is 2. The second-order valence-corrected chi connectivity index (χ2v) is 6.92. The lowest BCUT2D eigenvalue weighted by molar-refractivity contribution is -0.140. The van der Waals surface area contributed by atoms with E-state index in [9.17, 15) is 14.7 Å². The van der Waals surface area contributed by atoms with Crippen LogP contribution in [0.1, 0.15) is 29.2 Å². The summed E-state index contributed by atoms with van der Waals surface area (Å²) in [6.45, 7) is 2.03. The molecule has 1 aliphatic heterocycles. The van der Waals surface area contributed by atoms with E-state index in [2.05, 4.69) is 0 Å². The average molecular weight is 386 g/mol. The zero-order chi connectivity index (χ0) is 19.6. The van der Waals surface area contributed by atoms with Gasteiger partial charge in [0.15, 0.2) is 0 Å². The summed E-state index contributed by atoms with van der Waals surface area (Å²) in [5.41, 5.74) is 2.21. The molecular formula is C21H20ClNO4. The number of hydrogen-bond acceptors (Lipinski definition) is 4. The Kier molecular flexibility index (Phi) is 5.63. The summed E-state index contributed by atoms with van der Waals surface area (Å²) in [4.78, 5) is 26.7. The van der Waals surface area contributed by atoms with E-state index in [4.69, 9.17) is 16.7 Å². The first kappa shape index (κ1) is 19.1. The normalized spacial score (nSPS) is 18.9. The monoisotopic (exact) mass is 385 g/mol. The first-order valence-electron chi connectivity index (χ1n) is 8.66. The number of carbonyl (C=O) groups excluding carboxylic acids is 2. The number of likely N-dealkylation sites (tertiary alicyclic amines) is 1. The minimum atomic E-state index is -0.731. The van der Waals surface area contributed by atoms with Gasteiger partial charge in [0.1, 0.15) is 5.76 Å². The summed E-state index contributed by atoms with van der Waals surface area (Å²) in [6.07, 6.45) is 0.335. The third kappa shape index (κ3) is 3.75. The Balaban J connectivity index is 2.14. The highest BCUT2D eigenvalue weighted by Gasteiger charge is 2.45. The van der Waals surface area contributed by atoms with E-state index in [1.54, 1.807) is 36.4 Å². The highest BCUT2D eigenvalue weighted by atomic mass is 35.5. The van der Waals surface area contributed by atoms with E-state index in [1.165, 1.54) is 4.90 Å². The average Bonchev–Trinajstić information content (AvgIpc) is 2.91. The summed E-state index contributed by atoms with van der Waals surface area (Å²) < 4.78 is 0. The number of hydrogen-bond donors (Lipinski definition) is 2. The molecule has 0 unspecified atom stereocenters. The molecule has 1 saturated heterocycles. The van der Waals surface area contributed by atoms with Gasteiger partial charge >= 0.3 is 0 Å². The second kappa shape index (κ2) is 7.94. The number of benzene rings is 2. The predicted octanol–water partition coefficient (Wildman–Crippen LogP) is 3.45. The van der Waals surface area contributed by atoms with Crippen molar-refractivity contribution in [1.82, 2.24) is 4.90 Å². The van der Waals surface area contributed by atoms with Crippen molar-refractivity contribution in [3.63, 3.8) is 0 Å². The van der Waals surface area contributed by atoms with Crippen molar-refractivity contribution < 1.29 is 19.8 Å². The first-order chi connectivity index (χ1) is 12.9. The van der Waals surface area contributed by atoms with E-state index in [1.807, 2.05) is 19.1 Å². The Morgan fingerprint density at radius 2 is 1.70 bits per heavy atom. The Hall–Kier alpha value is -2.63. The van der Waals surface area contributed by atoms with E-state index < -0.39 is 17.7 Å². The van der Waals surface area contributed by atoms with Crippen molar-refractivity contribution in [3.8, 4) is 0 Å². The molecule has 0 radical (unpaired) electrons. The number of nitrogens with zero attached hydrogens (tertiary/aromatic N) is 1. The molecule has 0 bridgehead atoms. The molecule has 0 aromatic heterocycles. The fraction of sp³-hybridized carbons (Fsp3) is 0.238. The summed E-state index contributed by atoms with van der Waals surface area (Å²) in [5.74, 6) is -1.62. The lowest BCUT2D eigenvalue weighted by atomic mass is 9.95. The molecule has 1 fully saturated rings. The lowest BCUT2D eigenvalue weighted by Gasteiger charge is -2.25. The highest BCUT2D eigenvalue weighted by molar-refractivity contribution is 6.46. The fourth-order valence-corrected chi connectivity index (χ4v) is 3.34. The molecule has 0 saturated carbocycles. The van der Waals surface area contributed by atoms with Crippen LogP contribution in [0.15, 0.2) is 54.1 Å². The molecule has 1 heterocycles. The summed E-state index contributed by atoms with van der Waals surface area (Å²) in [5, 5.41) is 20.5. The number of rotatable bonds is 5. The quantitative estimate of drug-likeness (QED) is 0.469. The largest absolute Gasteiger partial charge is 0.507 e. The Morgan fingerprint density at radius 1 is 1.07 bits per heavy atom. The molecule has 1 amide bonds. The van der Waals surface area contributed by atoms with E-state index in [-0.39, 0.29) is 24.5 Å². The van der Waals surface area contributed by atoms with Crippen molar-refractivity contribution in [1.29, 1.82) is 0 Å². The van der Waals surface area contributed by atoms with Crippen molar-refractivity contribution in [2.75, 3.05) is 13.2 Å². The van der Waals surface area contributed by atoms with Gasteiger partial charge in [0.2, 0.25) is 0 Å². The zero-order valence-corrected chi connectivity index (χ0v) is 15.6. The predicted molar refractivity (Wildman–Crippen MR) is 103 cm³/mol. The van der Waals surface area contributed by atoms with Gasteiger partial charge in [-0.05, 0) is 31.0 Å². The Bertz CT molecular complexity index is 887. The standard InChI is InChI=1S/C21H20ClNO4/c1-13-3-5-15(6-4-13)19(25)17-18(14-7-9-16(22)10-8-14)23(11-2-12-24)21(27)20(17)26/h3-10,18,24-25H,2,11-12H2,1H3/t18-/m0/s1. The van der Waals surface area contributed by atoms with Gasteiger partial charge in [-0.1, -0.05) is 53.6 Å². The summed E-state index contributed by atoms with van der Waals surface area (Å²) >= 11 is 5.96. The molecule has 140 valence electrons. The molecule has 2 aromatic carbocycles. The van der Waals surface area contributed by atoms with E-state index in [0.717, 1.165) is 5.56 Å². The highest BCUT2D eigenvalue weighted by Crippen LogP contribution is 2.39. The Labute approximate surface area is 162 Å². The first-order valence-corrected chi connectivity index (χ1v) is 9.03. The Morgan fingerprint density at radius 3 is 2.30 bits per heavy atom. The molecule has 0 aliphatic carbocycles. The molecule has 27 heavy (non-hydrogen) atoms. The zero-order valence-electron chi connectivity index (χ0n) is 14.9. The fourth-order valence-electron chi connectivity index (χ4n) is 3.21. The van der Waals surface area contributed by atoms with Gasteiger partial charge in [-0.2, -0.15) is 0 Å². The van der Waals surface area contributed by atoms with Crippen LogP contribution in [0.3, 0.4) is 0 Å². The van der Waals surface area contributed by atoms with Crippen molar-refractivity contribution in [2.45, 2.75) is 19.4 Å². The summed E-state index contributed by atoms with van der Waals surface area (Å²) in [7, 11) is 0. The number of Topliss-reactive ketones (excluding diaryl/α,β-unsaturated/α-hetero) is 1. The maximum atomic E-state index is 12.7. The van der Waals surface area contributed by atoms with E-state index in [0.29, 0.717) is 22.6 Å². The molecule has 1 aliphatic rings. The van der Waals surface area contributed by atoms with Crippen LogP contribution >= 0.6 is 11.6 Å². The maximum absolute atomic E-state index is 12.7. The van der Waals surface area contributed by atoms with Crippen molar-refractivity contribution in [3.05, 3.63) is 75.8 Å². The summed E-state index contributed by atoms with van der Waals surface area (Å²) in [6, 6.07) is 13.2. The van der Waals surface area contributed by atoms with Crippen molar-refractivity contribution in [2.24, 2.45) is 0 Å². The van der Waals surface area contributed by atoms with Crippen molar-refractivity contribution >= 4 is 29.1 Å². The van der Waals surface area contributed by atoms with Crippen LogP contribution in [0.2, 0.25) is 5.02 Å². The van der Waals surface area contributed by atoms with Gasteiger partial charge in [-0.3, -0.25) is 9.59 Å². The number of halogens is 1. The third-order valence-electron chi connectivity index (χ3n) is 4.61. The van der Waals surface area contributed by atoms with Crippen LogP contribution in [-0.2, 0) is 9.59 Å². The number of amides is 1. The SMILES string of the molecule is Cc1ccc(C(O)=C2C(=O)C(=O)N(CCCO)[C@H]2c2ccc(Cl)cc2)cc1. The molecular weight excluding hydrogens is 366 g/mol. The molecule has 2 aromatic rings. The lowest BCUT2D eigenvalue weighted by Crippen LogP contribution is -2.31. The van der Waals surface area contributed by atoms with Gasteiger partial charge in [0.25, 0.3) is 11.7 Å². The van der Waals surface area contributed by atoms with Crippen LogP contribution in [0.25, 0.3) is 5.76 Å². The van der Waals surface area contributed by atoms with E-state index >= 15 is 0 Å². The van der Waals surface area contributed by atoms with Gasteiger partial charge in [-0.15, -0.1) is 0 Å². The molecule has 5 nitrogen and oxygen atoms in total. The van der Waals surface area contributed by atoms with Gasteiger partial charge in [-0.25, -0.2) is 0 Å². The minimum Gasteiger partial charge on any atom is -0.507 e. The molecule has 1 atom stereocenters. The van der Waals surface area contributed by atoms with Crippen LogP contribution < -0.4 is 0 Å². The number of aryl methyl sites for hydroxylation is 1. The molecule has 2 N–H and O–H groups in total. The molecule has 6 heteroatoms. The van der Waals surface area contributed by atoms with Crippen LogP contribution in [0.4, 0.5) is 0 Å². The van der Waals surface area contributed by atoms with Gasteiger partial charge < -0.3 is 15.1 Å².